The summed E-state index contributed by atoms with van der Waals surface area (Å²) in [6, 6.07) is 11.6. The van der Waals surface area contributed by atoms with Crippen LogP contribution in [-0.4, -0.2) is 39.0 Å². The van der Waals surface area contributed by atoms with Gasteiger partial charge in [0.15, 0.2) is 5.16 Å². The lowest BCUT2D eigenvalue weighted by molar-refractivity contribution is -0.115. The monoisotopic (exact) mass is 411 g/mol. The Bertz CT molecular complexity index is 963. The molecule has 2 aromatic heterocycles. The molecule has 3 aromatic rings. The van der Waals surface area contributed by atoms with Crippen LogP contribution in [0.3, 0.4) is 0 Å². The number of thioether (sulfide) groups is 1. The summed E-state index contributed by atoms with van der Waals surface area (Å²) < 4.78 is 7.59. The normalized spacial score (nSPS) is 14.9. The number of nitrogens with one attached hydrogen (secondary N) is 1. The minimum Gasteiger partial charge on any atom is -0.467 e. The number of hydrogen-bond donors (Lipinski definition) is 1. The number of nitrogens with zero attached hydrogens (tertiary/aromatic N) is 4. The van der Waals surface area contributed by atoms with Crippen molar-refractivity contribution < 1.29 is 9.21 Å². The number of carbonyl (C=O) groups excluding carboxylic acids is 1. The third-order valence-electron chi connectivity index (χ3n) is 5.03. The molecule has 1 fully saturated rings. The van der Waals surface area contributed by atoms with Gasteiger partial charge in [-0.05, 0) is 50.5 Å². The standard InChI is InChI=1S/C21H25N5O2S/c1-15-8-3-4-10-18(15)22-19(27)16(2)29-21-24-23-20(25-11-5-6-12-25)26(21)14-17-9-7-13-28-17/h3-4,7-10,13,16H,5-6,11-12,14H2,1-2H3,(H,22,27). The largest absolute Gasteiger partial charge is 0.467 e. The van der Waals surface area contributed by atoms with E-state index in [-0.39, 0.29) is 11.2 Å². The van der Waals surface area contributed by atoms with Crippen LogP contribution in [0.1, 0.15) is 31.1 Å². The fourth-order valence-corrected chi connectivity index (χ4v) is 4.22. The predicted molar refractivity (Wildman–Crippen MR) is 114 cm³/mol. The molecule has 1 N–H and O–H groups in total. The zero-order valence-electron chi connectivity index (χ0n) is 16.7. The van der Waals surface area contributed by atoms with Gasteiger partial charge in [0.2, 0.25) is 11.9 Å². The van der Waals surface area contributed by atoms with Gasteiger partial charge < -0.3 is 14.6 Å². The van der Waals surface area contributed by atoms with E-state index in [1.165, 1.54) is 11.8 Å². The van der Waals surface area contributed by atoms with Crippen LogP contribution in [0.15, 0.2) is 52.2 Å². The molecule has 0 bridgehead atoms. The van der Waals surface area contributed by atoms with Crippen molar-refractivity contribution in [3.05, 3.63) is 54.0 Å². The zero-order chi connectivity index (χ0) is 20.2. The van der Waals surface area contributed by atoms with Gasteiger partial charge in [0.05, 0.1) is 18.1 Å². The zero-order valence-corrected chi connectivity index (χ0v) is 17.5. The minimum atomic E-state index is -0.319. The summed E-state index contributed by atoms with van der Waals surface area (Å²) in [6.45, 7) is 6.37. The van der Waals surface area contributed by atoms with E-state index in [0.717, 1.165) is 54.0 Å². The number of furan rings is 1. The number of aryl methyl sites for hydroxylation is 1. The first-order valence-corrected chi connectivity index (χ1v) is 10.7. The summed E-state index contributed by atoms with van der Waals surface area (Å²) in [4.78, 5) is 15.0. The molecular weight excluding hydrogens is 386 g/mol. The summed E-state index contributed by atoms with van der Waals surface area (Å²) in [5.41, 5.74) is 1.87. The Morgan fingerprint density at radius 3 is 2.72 bits per heavy atom. The molecule has 152 valence electrons. The second-order valence-corrected chi connectivity index (χ2v) is 8.51. The summed E-state index contributed by atoms with van der Waals surface area (Å²) in [5, 5.41) is 12.2. The molecule has 0 aliphatic carbocycles. The molecule has 0 spiro atoms. The van der Waals surface area contributed by atoms with Gasteiger partial charge in [-0.2, -0.15) is 0 Å². The van der Waals surface area contributed by atoms with Crippen molar-refractivity contribution in [1.29, 1.82) is 0 Å². The predicted octanol–water partition coefficient (Wildman–Crippen LogP) is 3.95. The molecule has 3 heterocycles. The van der Waals surface area contributed by atoms with Crippen molar-refractivity contribution in [2.75, 3.05) is 23.3 Å². The van der Waals surface area contributed by atoms with Crippen molar-refractivity contribution >= 4 is 29.3 Å². The number of benzene rings is 1. The van der Waals surface area contributed by atoms with E-state index in [9.17, 15) is 4.79 Å². The summed E-state index contributed by atoms with van der Waals surface area (Å²) in [5.74, 6) is 1.62. The Hall–Kier alpha value is -2.74. The second-order valence-electron chi connectivity index (χ2n) is 7.21. The molecular formula is C21H25N5O2S. The number of aromatic nitrogens is 3. The molecule has 0 radical (unpaired) electrons. The topological polar surface area (TPSA) is 76.2 Å². The van der Waals surface area contributed by atoms with Gasteiger partial charge in [0.1, 0.15) is 5.76 Å². The van der Waals surface area contributed by atoms with Crippen molar-refractivity contribution in [1.82, 2.24) is 14.8 Å². The maximum atomic E-state index is 12.7. The number of carbonyl (C=O) groups is 1. The fraction of sp³-hybridized carbons (Fsp3) is 0.381. The van der Waals surface area contributed by atoms with E-state index < -0.39 is 0 Å². The number of amides is 1. The van der Waals surface area contributed by atoms with Crippen LogP contribution in [0, 0.1) is 6.92 Å². The average Bonchev–Trinajstić information content (AvgIpc) is 3.47. The highest BCUT2D eigenvalue weighted by molar-refractivity contribution is 8.00. The fourth-order valence-electron chi connectivity index (χ4n) is 3.38. The summed E-state index contributed by atoms with van der Waals surface area (Å²) in [6.07, 6.45) is 3.98. The van der Waals surface area contributed by atoms with E-state index in [1.807, 2.05) is 54.8 Å². The van der Waals surface area contributed by atoms with E-state index in [1.54, 1.807) is 6.26 Å². The van der Waals surface area contributed by atoms with Gasteiger partial charge in [-0.25, -0.2) is 0 Å². The molecule has 1 aromatic carbocycles. The van der Waals surface area contributed by atoms with Gasteiger partial charge in [-0.15, -0.1) is 10.2 Å². The van der Waals surface area contributed by atoms with Crippen LogP contribution in [-0.2, 0) is 11.3 Å². The highest BCUT2D eigenvalue weighted by atomic mass is 32.2. The first-order chi connectivity index (χ1) is 14.1. The van der Waals surface area contributed by atoms with Gasteiger partial charge in [-0.1, -0.05) is 30.0 Å². The van der Waals surface area contributed by atoms with Crippen molar-refractivity contribution in [3.8, 4) is 0 Å². The van der Waals surface area contributed by atoms with Crippen LogP contribution in [0.2, 0.25) is 0 Å². The molecule has 8 heteroatoms. The van der Waals surface area contributed by atoms with Crippen molar-refractivity contribution in [3.63, 3.8) is 0 Å². The van der Waals surface area contributed by atoms with E-state index >= 15 is 0 Å². The van der Waals surface area contributed by atoms with Crippen LogP contribution >= 0.6 is 11.8 Å². The Balaban J connectivity index is 1.52. The maximum Gasteiger partial charge on any atom is 0.237 e. The van der Waals surface area contributed by atoms with Gasteiger partial charge in [0.25, 0.3) is 0 Å². The van der Waals surface area contributed by atoms with E-state index in [4.69, 9.17) is 4.42 Å². The molecule has 1 aliphatic rings. The van der Waals surface area contributed by atoms with Crippen LogP contribution in [0.4, 0.5) is 11.6 Å². The average molecular weight is 412 g/mol. The quantitative estimate of drug-likeness (QED) is 0.594. The first kappa shape index (κ1) is 19.6. The third-order valence-corrected chi connectivity index (χ3v) is 6.12. The molecule has 7 nitrogen and oxygen atoms in total. The number of para-hydroxylation sites is 1. The minimum absolute atomic E-state index is 0.0560. The molecule has 1 unspecified atom stereocenters. The Labute approximate surface area is 174 Å². The Morgan fingerprint density at radius 1 is 1.21 bits per heavy atom. The van der Waals surface area contributed by atoms with Crippen LogP contribution in [0.25, 0.3) is 0 Å². The molecule has 1 amide bonds. The Morgan fingerprint density at radius 2 is 2.00 bits per heavy atom. The smallest absolute Gasteiger partial charge is 0.237 e. The van der Waals surface area contributed by atoms with Crippen LogP contribution in [0.5, 0.6) is 0 Å². The Kier molecular flexibility index (Phi) is 5.89. The third kappa shape index (κ3) is 4.48. The van der Waals surface area contributed by atoms with Crippen molar-refractivity contribution in [2.24, 2.45) is 0 Å². The van der Waals surface area contributed by atoms with Gasteiger partial charge in [0, 0.05) is 18.8 Å². The highest BCUT2D eigenvalue weighted by Crippen LogP contribution is 2.29. The van der Waals surface area contributed by atoms with Gasteiger partial charge >= 0.3 is 0 Å². The summed E-state index contributed by atoms with van der Waals surface area (Å²) in [7, 11) is 0. The molecule has 1 saturated heterocycles. The SMILES string of the molecule is Cc1ccccc1NC(=O)C(C)Sc1nnc(N2CCCC2)n1Cc1ccco1. The first-order valence-electron chi connectivity index (χ1n) is 9.85. The van der Waals surface area contributed by atoms with Gasteiger partial charge in [-0.3, -0.25) is 9.36 Å². The number of hydrogen-bond acceptors (Lipinski definition) is 6. The van der Waals surface area contributed by atoms with Crippen molar-refractivity contribution in [2.45, 2.75) is 43.6 Å². The molecule has 1 aliphatic heterocycles. The lowest BCUT2D eigenvalue weighted by Gasteiger charge is -2.18. The molecule has 4 rings (SSSR count). The van der Waals surface area contributed by atoms with E-state index in [0.29, 0.717) is 6.54 Å². The summed E-state index contributed by atoms with van der Waals surface area (Å²) >= 11 is 1.41. The highest BCUT2D eigenvalue weighted by Gasteiger charge is 2.25. The lowest BCUT2D eigenvalue weighted by atomic mass is 10.2. The number of rotatable bonds is 7. The molecule has 29 heavy (non-hydrogen) atoms. The number of anilines is 2. The maximum absolute atomic E-state index is 12.7. The lowest BCUT2D eigenvalue weighted by Crippen LogP contribution is -2.24. The molecule has 0 saturated carbocycles. The second kappa shape index (κ2) is 8.73. The van der Waals surface area contributed by atoms with E-state index in [2.05, 4.69) is 20.4 Å². The van der Waals surface area contributed by atoms with Crippen LogP contribution < -0.4 is 10.2 Å². The molecule has 1 atom stereocenters.